The molecule has 3 rings (SSSR count). The van der Waals surface area contributed by atoms with Crippen molar-refractivity contribution in [2.45, 2.75) is 33.6 Å². The number of aromatic amines is 1. The van der Waals surface area contributed by atoms with Crippen molar-refractivity contribution in [2.24, 2.45) is 10.7 Å². The molecule has 5 nitrogen and oxygen atoms in total. The van der Waals surface area contributed by atoms with Gasteiger partial charge in [0.25, 0.3) is 5.56 Å². The Morgan fingerprint density at radius 3 is 2.14 bits per heavy atom. The maximum atomic E-state index is 12.1. The molecule has 144 valence electrons. The fourth-order valence-electron chi connectivity index (χ4n) is 2.87. The molecule has 0 saturated heterocycles. The Bertz CT molecular complexity index is 1050. The summed E-state index contributed by atoms with van der Waals surface area (Å²) in [5.74, 6) is 2.17. The average molecular weight is 375 g/mol. The molecule has 0 spiro atoms. The van der Waals surface area contributed by atoms with Crippen LogP contribution >= 0.6 is 0 Å². The van der Waals surface area contributed by atoms with Gasteiger partial charge in [0.1, 0.15) is 17.3 Å². The van der Waals surface area contributed by atoms with Gasteiger partial charge in [0.05, 0.1) is 11.3 Å². The first-order valence-electron chi connectivity index (χ1n) is 9.26. The molecule has 0 amide bonds. The number of nitrogens with zero attached hydrogens (tertiary/aromatic N) is 1. The zero-order valence-corrected chi connectivity index (χ0v) is 16.6. The molecule has 3 N–H and O–H groups in total. The minimum absolute atomic E-state index is 0.195. The van der Waals surface area contributed by atoms with Crippen molar-refractivity contribution >= 4 is 11.5 Å². The third kappa shape index (κ3) is 4.31. The van der Waals surface area contributed by atoms with Crippen LogP contribution in [0.5, 0.6) is 11.5 Å². The monoisotopic (exact) mass is 375 g/mol. The molecule has 0 saturated carbocycles. The first-order chi connectivity index (χ1) is 13.3. The number of hydrogen-bond donors (Lipinski definition) is 2. The zero-order chi connectivity index (χ0) is 20.3. The van der Waals surface area contributed by atoms with Crippen LogP contribution in [0.15, 0.2) is 64.5 Å². The number of aliphatic imine (C=N–C) groups is 1. The van der Waals surface area contributed by atoms with Gasteiger partial charge in [-0.3, -0.25) is 4.79 Å². The van der Waals surface area contributed by atoms with Crippen LogP contribution in [-0.2, 0) is 0 Å². The molecule has 1 aromatic heterocycles. The fraction of sp³-hybridized carbons (Fsp3) is 0.217. The van der Waals surface area contributed by atoms with E-state index in [2.05, 4.69) is 36.0 Å². The van der Waals surface area contributed by atoms with Gasteiger partial charge >= 0.3 is 0 Å². The summed E-state index contributed by atoms with van der Waals surface area (Å²) in [7, 11) is 0. The predicted molar refractivity (Wildman–Crippen MR) is 114 cm³/mol. The summed E-state index contributed by atoms with van der Waals surface area (Å²) in [5, 5.41) is 0. The lowest BCUT2D eigenvalue weighted by atomic mass is 10.0. The highest BCUT2D eigenvalue weighted by atomic mass is 16.5. The van der Waals surface area contributed by atoms with E-state index in [0.29, 0.717) is 22.9 Å². The maximum absolute atomic E-state index is 12.1. The number of ether oxygens (including phenoxy) is 1. The molecule has 2 aromatic carbocycles. The van der Waals surface area contributed by atoms with Crippen molar-refractivity contribution in [3.63, 3.8) is 0 Å². The summed E-state index contributed by atoms with van der Waals surface area (Å²) >= 11 is 0. The Kier molecular flexibility index (Phi) is 5.64. The summed E-state index contributed by atoms with van der Waals surface area (Å²) < 4.78 is 5.88. The van der Waals surface area contributed by atoms with Crippen LogP contribution in [-0.4, -0.2) is 10.8 Å². The summed E-state index contributed by atoms with van der Waals surface area (Å²) in [6.45, 7) is 8.10. The molecule has 0 aliphatic heterocycles. The fourth-order valence-corrected chi connectivity index (χ4v) is 2.87. The van der Waals surface area contributed by atoms with Gasteiger partial charge in [-0.25, -0.2) is 4.99 Å². The Balaban J connectivity index is 1.78. The van der Waals surface area contributed by atoms with Crippen LogP contribution in [0.25, 0.3) is 0 Å². The van der Waals surface area contributed by atoms with E-state index in [1.807, 2.05) is 50.2 Å². The lowest BCUT2D eigenvalue weighted by molar-refractivity contribution is 0.482. The first kappa shape index (κ1) is 19.4. The van der Waals surface area contributed by atoms with E-state index in [0.717, 1.165) is 16.9 Å². The van der Waals surface area contributed by atoms with Crippen LogP contribution < -0.4 is 16.0 Å². The van der Waals surface area contributed by atoms with Crippen LogP contribution in [0.2, 0.25) is 0 Å². The number of pyridine rings is 1. The Labute approximate surface area is 164 Å². The molecule has 0 aliphatic carbocycles. The van der Waals surface area contributed by atoms with E-state index >= 15 is 0 Å². The lowest BCUT2D eigenvalue weighted by Gasteiger charge is -2.09. The SMILES string of the molecule is Cc1c[nH]c(=O)c(C(N)=Nc2ccc(Oc3ccc(C(C)C)cc3)cc2)c1C. The second-order valence-electron chi connectivity index (χ2n) is 7.12. The summed E-state index contributed by atoms with van der Waals surface area (Å²) in [6.07, 6.45) is 1.67. The normalized spacial score (nSPS) is 11.7. The van der Waals surface area contributed by atoms with Crippen molar-refractivity contribution < 1.29 is 4.74 Å². The summed E-state index contributed by atoms with van der Waals surface area (Å²) in [5.41, 5.74) is 9.97. The maximum Gasteiger partial charge on any atom is 0.259 e. The number of aryl methyl sites for hydroxylation is 1. The number of H-pyrrole nitrogens is 1. The zero-order valence-electron chi connectivity index (χ0n) is 16.6. The first-order valence-corrected chi connectivity index (χ1v) is 9.26. The van der Waals surface area contributed by atoms with Crippen LogP contribution in [0.4, 0.5) is 5.69 Å². The van der Waals surface area contributed by atoms with Crippen LogP contribution in [0, 0.1) is 13.8 Å². The third-order valence-electron chi connectivity index (χ3n) is 4.74. The second-order valence-corrected chi connectivity index (χ2v) is 7.12. The minimum atomic E-state index is -0.242. The lowest BCUT2D eigenvalue weighted by Crippen LogP contribution is -2.26. The Hall–Kier alpha value is -3.34. The smallest absolute Gasteiger partial charge is 0.259 e. The molecule has 0 unspecified atom stereocenters. The van der Waals surface area contributed by atoms with Crippen LogP contribution in [0.3, 0.4) is 0 Å². The van der Waals surface area contributed by atoms with Crippen molar-refractivity contribution in [2.75, 3.05) is 0 Å². The molecule has 0 aliphatic rings. The molecule has 0 fully saturated rings. The molecule has 0 atom stereocenters. The molecule has 5 heteroatoms. The summed E-state index contributed by atoms with van der Waals surface area (Å²) in [4.78, 5) is 19.2. The number of nitrogens with one attached hydrogen (secondary N) is 1. The van der Waals surface area contributed by atoms with Crippen molar-refractivity contribution in [1.82, 2.24) is 4.98 Å². The summed E-state index contributed by atoms with van der Waals surface area (Å²) in [6, 6.07) is 15.3. The van der Waals surface area contributed by atoms with E-state index in [1.54, 1.807) is 6.20 Å². The Morgan fingerprint density at radius 2 is 1.57 bits per heavy atom. The number of rotatable bonds is 5. The van der Waals surface area contributed by atoms with Gasteiger partial charge in [-0.1, -0.05) is 26.0 Å². The van der Waals surface area contributed by atoms with E-state index in [4.69, 9.17) is 10.5 Å². The van der Waals surface area contributed by atoms with E-state index in [9.17, 15) is 4.79 Å². The molecular weight excluding hydrogens is 350 g/mol. The highest BCUT2D eigenvalue weighted by Crippen LogP contribution is 2.26. The second kappa shape index (κ2) is 8.13. The predicted octanol–water partition coefficient (Wildman–Crippen LogP) is 4.94. The molecule has 0 bridgehead atoms. The van der Waals surface area contributed by atoms with E-state index in [-0.39, 0.29) is 11.4 Å². The largest absolute Gasteiger partial charge is 0.457 e. The molecule has 28 heavy (non-hydrogen) atoms. The van der Waals surface area contributed by atoms with Gasteiger partial charge in [-0.2, -0.15) is 0 Å². The van der Waals surface area contributed by atoms with E-state index in [1.165, 1.54) is 5.56 Å². The number of benzene rings is 2. The van der Waals surface area contributed by atoms with Gasteiger partial charge in [0, 0.05) is 6.20 Å². The number of aromatic nitrogens is 1. The minimum Gasteiger partial charge on any atom is -0.457 e. The molecular formula is C23H25N3O2. The number of hydrogen-bond acceptors (Lipinski definition) is 3. The van der Waals surface area contributed by atoms with Crippen molar-refractivity contribution in [3.05, 3.63) is 87.3 Å². The van der Waals surface area contributed by atoms with Gasteiger partial charge in [-0.15, -0.1) is 0 Å². The molecule has 1 heterocycles. The topological polar surface area (TPSA) is 80.5 Å². The highest BCUT2D eigenvalue weighted by Gasteiger charge is 2.10. The molecule has 3 aromatic rings. The Morgan fingerprint density at radius 1 is 1.00 bits per heavy atom. The van der Waals surface area contributed by atoms with Gasteiger partial charge < -0.3 is 15.5 Å². The number of amidine groups is 1. The van der Waals surface area contributed by atoms with Crippen LogP contribution in [0.1, 0.15) is 42.0 Å². The standard InChI is InChI=1S/C23H25N3O2/c1-14(2)17-5-9-19(10-6-17)28-20-11-7-18(8-12-20)26-22(24)21-16(4)15(3)13-25-23(21)27/h5-14H,1-4H3,(H2,24,26)(H,25,27). The highest BCUT2D eigenvalue weighted by molar-refractivity contribution is 6.00. The van der Waals surface area contributed by atoms with Crippen molar-refractivity contribution in [1.29, 1.82) is 0 Å². The van der Waals surface area contributed by atoms with Crippen molar-refractivity contribution in [3.8, 4) is 11.5 Å². The average Bonchev–Trinajstić information content (AvgIpc) is 2.67. The van der Waals surface area contributed by atoms with Gasteiger partial charge in [0.2, 0.25) is 0 Å². The quantitative estimate of drug-likeness (QED) is 0.489. The molecule has 0 radical (unpaired) electrons. The third-order valence-corrected chi connectivity index (χ3v) is 4.74. The van der Waals surface area contributed by atoms with Gasteiger partial charge in [-0.05, 0) is 72.9 Å². The number of nitrogens with two attached hydrogens (primary N) is 1. The van der Waals surface area contributed by atoms with E-state index < -0.39 is 0 Å². The van der Waals surface area contributed by atoms with Gasteiger partial charge in [0.15, 0.2) is 0 Å².